The Morgan fingerprint density at radius 1 is 1.19 bits per heavy atom. The van der Waals surface area contributed by atoms with Crippen molar-refractivity contribution in [2.24, 2.45) is 7.05 Å². The third kappa shape index (κ3) is 1.50. The van der Waals surface area contributed by atoms with E-state index in [2.05, 4.69) is 45.2 Å². The topological polar surface area (TPSA) is 4.93 Å². The minimum Gasteiger partial charge on any atom is -0.344 e. The molecule has 16 heavy (non-hydrogen) atoms. The van der Waals surface area contributed by atoms with Gasteiger partial charge in [-0.15, -0.1) is 9.24 Å². The van der Waals surface area contributed by atoms with E-state index in [-0.39, 0.29) is 0 Å². The highest BCUT2D eigenvalue weighted by Crippen LogP contribution is 2.33. The maximum atomic E-state index is 2.98. The summed E-state index contributed by atoms with van der Waals surface area (Å²) in [6, 6.07) is 0. The first-order valence-corrected chi connectivity index (χ1v) is 6.73. The van der Waals surface area contributed by atoms with E-state index < -0.39 is 0 Å². The molecule has 1 nitrogen and oxygen atoms in total. The highest BCUT2D eigenvalue weighted by molar-refractivity contribution is 7.17. The van der Waals surface area contributed by atoms with E-state index >= 15 is 0 Å². The van der Waals surface area contributed by atoms with Crippen LogP contribution in [0.25, 0.3) is 12.2 Å². The molecule has 1 aromatic rings. The lowest BCUT2D eigenvalue weighted by atomic mass is 9.97. The number of fused-ring (bicyclic) bond motifs is 3. The van der Waals surface area contributed by atoms with E-state index in [9.17, 15) is 0 Å². The molecule has 2 aliphatic carbocycles. The van der Waals surface area contributed by atoms with Gasteiger partial charge in [0.05, 0.1) is 0 Å². The highest BCUT2D eigenvalue weighted by atomic mass is 31.0. The van der Waals surface area contributed by atoms with Crippen LogP contribution in [0.2, 0.25) is 0 Å². The van der Waals surface area contributed by atoms with Crippen molar-refractivity contribution >= 4 is 21.4 Å². The zero-order valence-corrected chi connectivity index (χ0v) is 10.9. The van der Waals surface area contributed by atoms with Gasteiger partial charge in [0, 0.05) is 18.4 Å². The number of hydrogen-bond acceptors (Lipinski definition) is 0. The number of allylic oxidation sites excluding steroid dienone is 2. The average Bonchev–Trinajstić information content (AvgIpc) is 2.47. The number of rotatable bonds is 0. The van der Waals surface area contributed by atoms with Gasteiger partial charge in [-0.2, -0.15) is 0 Å². The van der Waals surface area contributed by atoms with E-state index in [1.807, 2.05) is 0 Å². The van der Waals surface area contributed by atoms with Gasteiger partial charge in [0.25, 0.3) is 0 Å². The molecule has 1 aromatic heterocycles. The second-order valence-electron chi connectivity index (χ2n) is 4.83. The van der Waals surface area contributed by atoms with Crippen molar-refractivity contribution < 1.29 is 0 Å². The Kier molecular flexibility index (Phi) is 2.52. The van der Waals surface area contributed by atoms with Crippen LogP contribution < -0.4 is 0 Å². The summed E-state index contributed by atoms with van der Waals surface area (Å²) < 4.78 is 2.36. The molecule has 0 spiro atoms. The van der Waals surface area contributed by atoms with Crippen molar-refractivity contribution in [2.75, 3.05) is 0 Å². The van der Waals surface area contributed by atoms with Gasteiger partial charge in [-0.05, 0) is 54.6 Å². The Bertz CT molecular complexity index is 479. The van der Waals surface area contributed by atoms with Gasteiger partial charge in [-0.1, -0.05) is 12.2 Å². The van der Waals surface area contributed by atoms with Crippen molar-refractivity contribution in [1.29, 1.82) is 0 Å². The molecule has 0 bridgehead atoms. The molecule has 0 saturated heterocycles. The van der Waals surface area contributed by atoms with E-state index in [1.54, 1.807) is 11.1 Å². The quantitative estimate of drug-likeness (QED) is 0.604. The number of nitrogens with zero attached hydrogens (tertiary/aromatic N) is 1. The predicted octanol–water partition coefficient (Wildman–Crippen LogP) is 3.19. The standard InChI is InChI=1S/C14H18NP/c1-15-13-7-3-2-6-11(13)12-9-10(16)5-4-8-14(12)15/h3-4,7-8,10H,2,5-6,9,16H2,1H3. The van der Waals surface area contributed by atoms with Crippen molar-refractivity contribution in [3.05, 3.63) is 34.7 Å². The van der Waals surface area contributed by atoms with Crippen molar-refractivity contribution in [1.82, 2.24) is 4.57 Å². The maximum Gasteiger partial charge on any atom is 0.0441 e. The molecular weight excluding hydrogens is 213 g/mol. The molecule has 0 aromatic carbocycles. The molecule has 1 heterocycles. The highest BCUT2D eigenvalue weighted by Gasteiger charge is 2.21. The van der Waals surface area contributed by atoms with Gasteiger partial charge in [-0.3, -0.25) is 0 Å². The van der Waals surface area contributed by atoms with Gasteiger partial charge in [0.2, 0.25) is 0 Å². The van der Waals surface area contributed by atoms with Crippen LogP contribution in [0.1, 0.15) is 35.4 Å². The molecule has 3 rings (SSSR count). The van der Waals surface area contributed by atoms with E-state index in [1.165, 1.54) is 37.1 Å². The fraction of sp³-hybridized carbons (Fsp3) is 0.429. The molecular formula is C14H18NP. The van der Waals surface area contributed by atoms with Crippen LogP contribution in [0.4, 0.5) is 0 Å². The minimum absolute atomic E-state index is 0.704. The minimum atomic E-state index is 0.704. The van der Waals surface area contributed by atoms with Crippen LogP contribution in [-0.2, 0) is 19.9 Å². The Balaban J connectivity index is 2.21. The smallest absolute Gasteiger partial charge is 0.0441 e. The molecule has 2 heteroatoms. The van der Waals surface area contributed by atoms with E-state index in [0.29, 0.717) is 5.66 Å². The largest absolute Gasteiger partial charge is 0.344 e. The fourth-order valence-corrected chi connectivity index (χ4v) is 3.29. The van der Waals surface area contributed by atoms with Crippen LogP contribution in [0.3, 0.4) is 0 Å². The molecule has 2 aliphatic rings. The summed E-state index contributed by atoms with van der Waals surface area (Å²) >= 11 is 0. The van der Waals surface area contributed by atoms with Gasteiger partial charge < -0.3 is 4.57 Å². The van der Waals surface area contributed by atoms with Crippen molar-refractivity contribution in [2.45, 2.75) is 31.3 Å². The fourth-order valence-electron chi connectivity index (χ4n) is 2.90. The second-order valence-corrected chi connectivity index (χ2v) is 5.77. The number of hydrogen-bond donors (Lipinski definition) is 0. The lowest BCUT2D eigenvalue weighted by molar-refractivity contribution is 0.855. The molecule has 2 atom stereocenters. The maximum absolute atomic E-state index is 2.98. The van der Waals surface area contributed by atoms with Gasteiger partial charge >= 0.3 is 0 Å². The number of aromatic nitrogens is 1. The Morgan fingerprint density at radius 3 is 2.81 bits per heavy atom. The molecule has 0 fully saturated rings. The molecule has 0 aliphatic heterocycles. The first-order chi connectivity index (χ1) is 7.77. The van der Waals surface area contributed by atoms with Crippen LogP contribution in [-0.4, -0.2) is 10.2 Å². The summed E-state index contributed by atoms with van der Waals surface area (Å²) in [6.45, 7) is 0. The van der Waals surface area contributed by atoms with Crippen LogP contribution >= 0.6 is 9.24 Å². The first-order valence-electron chi connectivity index (χ1n) is 6.06. The summed E-state index contributed by atoms with van der Waals surface area (Å²) in [4.78, 5) is 0. The monoisotopic (exact) mass is 231 g/mol. The molecule has 2 unspecified atom stereocenters. The second kappa shape index (κ2) is 3.89. The van der Waals surface area contributed by atoms with Crippen molar-refractivity contribution in [3.63, 3.8) is 0 Å². The third-order valence-corrected chi connectivity index (χ3v) is 4.23. The van der Waals surface area contributed by atoms with E-state index in [4.69, 9.17) is 0 Å². The lowest BCUT2D eigenvalue weighted by Crippen LogP contribution is -2.03. The molecule has 84 valence electrons. The van der Waals surface area contributed by atoms with Gasteiger partial charge in [-0.25, -0.2) is 0 Å². The zero-order chi connectivity index (χ0) is 11.1. The van der Waals surface area contributed by atoms with Gasteiger partial charge in [0.1, 0.15) is 0 Å². The average molecular weight is 231 g/mol. The molecule has 0 amide bonds. The van der Waals surface area contributed by atoms with Crippen LogP contribution in [0.5, 0.6) is 0 Å². The Labute approximate surface area is 99.4 Å². The van der Waals surface area contributed by atoms with Crippen LogP contribution in [0.15, 0.2) is 12.2 Å². The first kappa shape index (κ1) is 10.4. The third-order valence-electron chi connectivity index (χ3n) is 3.72. The SMILES string of the molecule is Cn1c2c(c3c1C=CCC(P)C3)CCC=C2. The predicted molar refractivity (Wildman–Crippen MR) is 73.6 cm³/mol. The summed E-state index contributed by atoms with van der Waals surface area (Å²) in [6.07, 6.45) is 14.0. The summed E-state index contributed by atoms with van der Waals surface area (Å²) in [5.41, 5.74) is 6.76. The lowest BCUT2D eigenvalue weighted by Gasteiger charge is -2.11. The normalized spacial score (nSPS) is 22.8. The Hall–Kier alpha value is -0.810. The Morgan fingerprint density at radius 2 is 1.94 bits per heavy atom. The van der Waals surface area contributed by atoms with Crippen LogP contribution in [0, 0.1) is 0 Å². The van der Waals surface area contributed by atoms with Gasteiger partial charge in [0.15, 0.2) is 0 Å². The summed E-state index contributed by atoms with van der Waals surface area (Å²) in [7, 11) is 5.18. The molecule has 0 N–H and O–H groups in total. The molecule has 0 saturated carbocycles. The summed E-state index contributed by atoms with van der Waals surface area (Å²) in [5, 5.41) is 0. The van der Waals surface area contributed by atoms with Crippen molar-refractivity contribution in [3.8, 4) is 0 Å². The summed E-state index contributed by atoms with van der Waals surface area (Å²) in [5.74, 6) is 0. The zero-order valence-electron chi connectivity index (χ0n) is 9.74. The molecule has 0 radical (unpaired) electrons. The van der Waals surface area contributed by atoms with E-state index in [0.717, 1.165) is 0 Å².